The molecule has 1 amide bonds. The van der Waals surface area contributed by atoms with Crippen molar-refractivity contribution in [1.82, 2.24) is 0 Å². The van der Waals surface area contributed by atoms with Crippen molar-refractivity contribution in [2.75, 3.05) is 6.61 Å². The number of ketones is 1. The van der Waals surface area contributed by atoms with Crippen molar-refractivity contribution in [3.05, 3.63) is 64.7 Å². The van der Waals surface area contributed by atoms with Gasteiger partial charge in [0.1, 0.15) is 5.75 Å². The second kappa shape index (κ2) is 5.40. The van der Waals surface area contributed by atoms with Crippen LogP contribution in [-0.4, -0.2) is 18.3 Å². The lowest BCUT2D eigenvalue weighted by Crippen LogP contribution is -2.20. The molecule has 4 heteroatoms. The SMILES string of the molecule is NC(=O)COc1ccc2c(c1)C(=O)c1ccccc1CC2. The highest BCUT2D eigenvalue weighted by atomic mass is 16.5. The Kier molecular flexibility index (Phi) is 3.44. The molecule has 3 rings (SSSR count). The first-order valence-corrected chi connectivity index (χ1v) is 6.82. The molecule has 0 spiro atoms. The van der Waals surface area contributed by atoms with Crippen LogP contribution in [0.4, 0.5) is 0 Å². The smallest absolute Gasteiger partial charge is 0.255 e. The van der Waals surface area contributed by atoms with Crippen LogP contribution in [0.25, 0.3) is 0 Å². The van der Waals surface area contributed by atoms with E-state index >= 15 is 0 Å². The predicted molar refractivity (Wildman–Crippen MR) is 78.4 cm³/mol. The largest absolute Gasteiger partial charge is 0.484 e. The van der Waals surface area contributed by atoms with E-state index in [2.05, 4.69) is 0 Å². The highest BCUT2D eigenvalue weighted by molar-refractivity contribution is 6.11. The number of hydrogen-bond donors (Lipinski definition) is 1. The number of aryl methyl sites for hydroxylation is 2. The van der Waals surface area contributed by atoms with Crippen molar-refractivity contribution in [3.63, 3.8) is 0 Å². The van der Waals surface area contributed by atoms with E-state index in [1.807, 2.05) is 30.3 Å². The van der Waals surface area contributed by atoms with Gasteiger partial charge in [-0.1, -0.05) is 30.3 Å². The van der Waals surface area contributed by atoms with Crippen LogP contribution in [0.1, 0.15) is 27.0 Å². The van der Waals surface area contributed by atoms with Crippen LogP contribution in [0.3, 0.4) is 0 Å². The number of carbonyl (C=O) groups excluding carboxylic acids is 2. The molecule has 0 saturated heterocycles. The van der Waals surface area contributed by atoms with Gasteiger partial charge in [-0.05, 0) is 36.1 Å². The third-order valence-electron chi connectivity index (χ3n) is 3.63. The molecule has 4 nitrogen and oxygen atoms in total. The fourth-order valence-corrected chi connectivity index (χ4v) is 2.60. The third kappa shape index (κ3) is 2.65. The van der Waals surface area contributed by atoms with Crippen molar-refractivity contribution < 1.29 is 14.3 Å². The van der Waals surface area contributed by atoms with Crippen LogP contribution in [0.5, 0.6) is 5.75 Å². The highest BCUT2D eigenvalue weighted by Gasteiger charge is 2.21. The van der Waals surface area contributed by atoms with Crippen LogP contribution in [0.15, 0.2) is 42.5 Å². The van der Waals surface area contributed by atoms with Gasteiger partial charge in [-0.25, -0.2) is 0 Å². The molecule has 0 fully saturated rings. The first kappa shape index (κ1) is 13.4. The molecule has 2 aromatic carbocycles. The Balaban J connectivity index is 1.98. The molecule has 0 bridgehead atoms. The van der Waals surface area contributed by atoms with Gasteiger partial charge in [0.05, 0.1) is 0 Å². The van der Waals surface area contributed by atoms with Crippen LogP contribution < -0.4 is 10.5 Å². The van der Waals surface area contributed by atoms with Crippen LogP contribution in [-0.2, 0) is 17.6 Å². The van der Waals surface area contributed by atoms with E-state index in [0.29, 0.717) is 11.3 Å². The molecule has 1 aliphatic rings. The average Bonchev–Trinajstić information content (AvgIpc) is 2.63. The molecule has 2 N–H and O–H groups in total. The monoisotopic (exact) mass is 281 g/mol. The van der Waals surface area contributed by atoms with Gasteiger partial charge in [0.2, 0.25) is 0 Å². The first-order valence-electron chi connectivity index (χ1n) is 6.82. The maximum absolute atomic E-state index is 12.7. The Labute approximate surface area is 122 Å². The van der Waals surface area contributed by atoms with Crippen LogP contribution in [0.2, 0.25) is 0 Å². The van der Waals surface area contributed by atoms with E-state index in [9.17, 15) is 9.59 Å². The Morgan fingerprint density at radius 1 is 1.05 bits per heavy atom. The second-order valence-electron chi connectivity index (χ2n) is 5.06. The summed E-state index contributed by atoms with van der Waals surface area (Å²) in [7, 11) is 0. The van der Waals surface area contributed by atoms with E-state index < -0.39 is 5.91 Å². The van der Waals surface area contributed by atoms with Gasteiger partial charge in [-0.15, -0.1) is 0 Å². The maximum Gasteiger partial charge on any atom is 0.255 e. The lowest BCUT2D eigenvalue weighted by Gasteiger charge is -2.09. The molecule has 0 heterocycles. The molecule has 0 unspecified atom stereocenters. The van der Waals surface area contributed by atoms with Crippen molar-refractivity contribution in [2.45, 2.75) is 12.8 Å². The minimum Gasteiger partial charge on any atom is -0.484 e. The number of rotatable bonds is 3. The fourth-order valence-electron chi connectivity index (χ4n) is 2.60. The number of hydrogen-bond acceptors (Lipinski definition) is 3. The summed E-state index contributed by atoms with van der Waals surface area (Å²) in [6.45, 7) is -0.191. The Bertz CT molecular complexity index is 722. The number of primary amides is 1. The minimum atomic E-state index is -0.540. The summed E-state index contributed by atoms with van der Waals surface area (Å²) in [5.41, 5.74) is 8.51. The van der Waals surface area contributed by atoms with Gasteiger partial charge in [0.15, 0.2) is 12.4 Å². The zero-order valence-electron chi connectivity index (χ0n) is 11.5. The number of nitrogens with two attached hydrogens (primary N) is 1. The highest BCUT2D eigenvalue weighted by Crippen LogP contribution is 2.27. The molecular formula is C17H15NO3. The zero-order chi connectivity index (χ0) is 14.8. The normalized spacial score (nSPS) is 13.0. The standard InChI is InChI=1S/C17H15NO3/c18-16(19)10-21-13-8-7-12-6-5-11-3-1-2-4-14(11)17(20)15(12)9-13/h1-4,7-9H,5-6,10H2,(H2,18,19). The van der Waals surface area contributed by atoms with Gasteiger partial charge >= 0.3 is 0 Å². The molecule has 1 aliphatic carbocycles. The number of amides is 1. The quantitative estimate of drug-likeness (QED) is 0.934. The molecule has 0 radical (unpaired) electrons. The molecule has 0 atom stereocenters. The Morgan fingerprint density at radius 3 is 2.52 bits per heavy atom. The number of benzene rings is 2. The van der Waals surface area contributed by atoms with E-state index in [1.165, 1.54) is 0 Å². The van der Waals surface area contributed by atoms with E-state index in [4.69, 9.17) is 10.5 Å². The second-order valence-corrected chi connectivity index (χ2v) is 5.06. The molecule has 2 aromatic rings. The molecule has 0 aromatic heterocycles. The van der Waals surface area contributed by atoms with Crippen LogP contribution >= 0.6 is 0 Å². The fraction of sp³-hybridized carbons (Fsp3) is 0.176. The molecule has 21 heavy (non-hydrogen) atoms. The Morgan fingerprint density at radius 2 is 1.76 bits per heavy atom. The van der Waals surface area contributed by atoms with Gasteiger partial charge in [0, 0.05) is 11.1 Å². The molecule has 0 saturated carbocycles. The van der Waals surface area contributed by atoms with Gasteiger partial charge < -0.3 is 10.5 Å². The summed E-state index contributed by atoms with van der Waals surface area (Å²) in [6.07, 6.45) is 1.66. The summed E-state index contributed by atoms with van der Waals surface area (Å²) in [4.78, 5) is 23.4. The minimum absolute atomic E-state index is 0.00243. The third-order valence-corrected chi connectivity index (χ3v) is 3.63. The lowest BCUT2D eigenvalue weighted by atomic mass is 9.99. The van der Waals surface area contributed by atoms with E-state index in [1.54, 1.807) is 12.1 Å². The topological polar surface area (TPSA) is 69.4 Å². The summed E-state index contributed by atoms with van der Waals surface area (Å²) in [5.74, 6) is -0.0514. The van der Waals surface area contributed by atoms with Gasteiger partial charge in [0.25, 0.3) is 5.91 Å². The van der Waals surface area contributed by atoms with Crippen LogP contribution in [0, 0.1) is 0 Å². The number of ether oxygens (including phenoxy) is 1. The molecular weight excluding hydrogens is 266 g/mol. The summed E-state index contributed by atoms with van der Waals surface area (Å²) in [6, 6.07) is 13.0. The van der Waals surface area contributed by atoms with Crippen molar-refractivity contribution in [3.8, 4) is 5.75 Å². The summed E-state index contributed by atoms with van der Waals surface area (Å²) >= 11 is 0. The lowest BCUT2D eigenvalue weighted by molar-refractivity contribution is -0.119. The van der Waals surface area contributed by atoms with Crippen molar-refractivity contribution in [2.24, 2.45) is 5.73 Å². The summed E-state index contributed by atoms with van der Waals surface area (Å²) in [5, 5.41) is 0. The van der Waals surface area contributed by atoms with Crippen molar-refractivity contribution in [1.29, 1.82) is 0 Å². The molecule has 0 aliphatic heterocycles. The molecule has 106 valence electrons. The Hall–Kier alpha value is -2.62. The van der Waals surface area contributed by atoms with E-state index in [-0.39, 0.29) is 12.4 Å². The van der Waals surface area contributed by atoms with Gasteiger partial charge in [-0.2, -0.15) is 0 Å². The van der Waals surface area contributed by atoms with Gasteiger partial charge in [-0.3, -0.25) is 9.59 Å². The van der Waals surface area contributed by atoms with Crippen molar-refractivity contribution >= 4 is 11.7 Å². The first-order chi connectivity index (χ1) is 10.1. The number of carbonyl (C=O) groups is 2. The average molecular weight is 281 g/mol. The maximum atomic E-state index is 12.7. The summed E-state index contributed by atoms with van der Waals surface area (Å²) < 4.78 is 5.28. The zero-order valence-corrected chi connectivity index (χ0v) is 11.5. The predicted octanol–water partition coefficient (Wildman–Crippen LogP) is 1.88. The number of fused-ring (bicyclic) bond motifs is 2. The van der Waals surface area contributed by atoms with E-state index in [0.717, 1.165) is 29.5 Å².